The van der Waals surface area contributed by atoms with Crippen molar-refractivity contribution in [1.82, 2.24) is 14.8 Å². The number of piperidine rings is 1. The average Bonchev–Trinajstić information content (AvgIpc) is 2.51. The molecule has 3 heterocycles. The molecule has 2 aliphatic heterocycles. The van der Waals surface area contributed by atoms with E-state index in [1.807, 2.05) is 24.8 Å². The number of ether oxygens (including phenoxy) is 1. The van der Waals surface area contributed by atoms with E-state index in [0.29, 0.717) is 11.5 Å². The van der Waals surface area contributed by atoms with Gasteiger partial charge in [-0.3, -0.25) is 14.7 Å². The Morgan fingerprint density at radius 2 is 2.22 bits per heavy atom. The smallest absolute Gasteiger partial charge is 0.255 e. The zero-order valence-corrected chi connectivity index (χ0v) is 14.4. The van der Waals surface area contributed by atoms with Crippen molar-refractivity contribution in [3.8, 4) is 0 Å². The first-order valence-corrected chi connectivity index (χ1v) is 8.54. The van der Waals surface area contributed by atoms with E-state index in [-0.39, 0.29) is 11.4 Å². The Kier molecular flexibility index (Phi) is 4.69. The molecule has 0 saturated carbocycles. The van der Waals surface area contributed by atoms with Crippen LogP contribution in [0.1, 0.15) is 35.7 Å². The fourth-order valence-corrected chi connectivity index (χ4v) is 3.87. The van der Waals surface area contributed by atoms with Crippen LogP contribution in [0, 0.1) is 12.8 Å². The summed E-state index contributed by atoms with van der Waals surface area (Å²) in [6.45, 7) is 8.37. The van der Waals surface area contributed by atoms with Gasteiger partial charge in [0.2, 0.25) is 0 Å². The normalized spacial score (nSPS) is 23.8. The van der Waals surface area contributed by atoms with Gasteiger partial charge < -0.3 is 9.64 Å². The maximum Gasteiger partial charge on any atom is 0.255 e. The van der Waals surface area contributed by atoms with Crippen LogP contribution in [-0.2, 0) is 4.74 Å². The van der Waals surface area contributed by atoms with Crippen molar-refractivity contribution >= 4 is 5.91 Å². The standard InChI is InChI=1S/C18H27N3O2/c1-4-23-11-15-5-6-20(3)18(8-15)12-21(13-18)17(22)16-7-14(2)9-19-10-16/h7,9-10,15H,4-6,8,11-13H2,1-3H3. The van der Waals surface area contributed by atoms with Gasteiger partial charge in [-0.2, -0.15) is 0 Å². The van der Waals surface area contributed by atoms with E-state index >= 15 is 0 Å². The fourth-order valence-electron chi connectivity index (χ4n) is 3.87. The van der Waals surface area contributed by atoms with Gasteiger partial charge in [-0.1, -0.05) is 0 Å². The van der Waals surface area contributed by atoms with Crippen LogP contribution in [0.4, 0.5) is 0 Å². The Morgan fingerprint density at radius 1 is 1.43 bits per heavy atom. The molecular formula is C18H27N3O2. The molecule has 0 N–H and O–H groups in total. The quantitative estimate of drug-likeness (QED) is 0.852. The van der Waals surface area contributed by atoms with Crippen LogP contribution in [0.5, 0.6) is 0 Å². The van der Waals surface area contributed by atoms with Gasteiger partial charge in [-0.25, -0.2) is 0 Å². The van der Waals surface area contributed by atoms with Crippen molar-refractivity contribution in [2.24, 2.45) is 5.92 Å². The molecular weight excluding hydrogens is 290 g/mol. The number of rotatable bonds is 4. The lowest BCUT2D eigenvalue weighted by atomic mass is 9.75. The number of carbonyl (C=O) groups is 1. The van der Waals surface area contributed by atoms with Gasteiger partial charge in [-0.15, -0.1) is 0 Å². The second kappa shape index (κ2) is 6.57. The number of nitrogens with zero attached hydrogens (tertiary/aromatic N) is 3. The number of carbonyl (C=O) groups excluding carboxylic acids is 1. The topological polar surface area (TPSA) is 45.7 Å². The largest absolute Gasteiger partial charge is 0.381 e. The highest BCUT2D eigenvalue weighted by atomic mass is 16.5. The first kappa shape index (κ1) is 16.4. The van der Waals surface area contributed by atoms with Gasteiger partial charge in [0.25, 0.3) is 5.91 Å². The van der Waals surface area contributed by atoms with Crippen molar-refractivity contribution in [1.29, 1.82) is 0 Å². The summed E-state index contributed by atoms with van der Waals surface area (Å²) in [6.07, 6.45) is 5.76. The number of amides is 1. The van der Waals surface area contributed by atoms with Crippen LogP contribution in [0.15, 0.2) is 18.5 Å². The molecule has 0 aromatic carbocycles. The summed E-state index contributed by atoms with van der Waals surface area (Å²) in [6, 6.07) is 1.92. The molecule has 1 amide bonds. The lowest BCUT2D eigenvalue weighted by Crippen LogP contribution is -2.72. The van der Waals surface area contributed by atoms with Gasteiger partial charge in [-0.05, 0) is 57.8 Å². The van der Waals surface area contributed by atoms with E-state index in [0.717, 1.165) is 44.8 Å². The van der Waals surface area contributed by atoms with Crippen molar-refractivity contribution in [2.45, 2.75) is 32.2 Å². The molecule has 0 aliphatic carbocycles. The summed E-state index contributed by atoms with van der Waals surface area (Å²) in [5.74, 6) is 0.719. The monoisotopic (exact) mass is 317 g/mol. The van der Waals surface area contributed by atoms with E-state index in [1.54, 1.807) is 12.4 Å². The summed E-state index contributed by atoms with van der Waals surface area (Å²) in [4.78, 5) is 21.1. The molecule has 0 radical (unpaired) electrons. The lowest BCUT2D eigenvalue weighted by Gasteiger charge is -2.58. The molecule has 2 fully saturated rings. The molecule has 2 saturated heterocycles. The van der Waals surface area contributed by atoms with E-state index < -0.39 is 0 Å². The molecule has 5 heteroatoms. The van der Waals surface area contributed by atoms with Crippen LogP contribution < -0.4 is 0 Å². The molecule has 1 atom stereocenters. The second-order valence-corrected chi connectivity index (χ2v) is 7.08. The zero-order chi connectivity index (χ0) is 16.4. The molecule has 126 valence electrons. The Bertz CT molecular complexity index is 567. The molecule has 0 bridgehead atoms. The van der Waals surface area contributed by atoms with Gasteiger partial charge in [0.1, 0.15) is 0 Å². The minimum atomic E-state index is 0.104. The van der Waals surface area contributed by atoms with E-state index in [9.17, 15) is 4.79 Å². The van der Waals surface area contributed by atoms with Crippen LogP contribution >= 0.6 is 0 Å². The minimum absolute atomic E-state index is 0.104. The maximum atomic E-state index is 12.6. The summed E-state index contributed by atoms with van der Waals surface area (Å²) in [5, 5.41) is 0. The van der Waals surface area contributed by atoms with Crippen LogP contribution in [0.25, 0.3) is 0 Å². The number of aryl methyl sites for hydroxylation is 1. The van der Waals surface area contributed by atoms with Crippen molar-refractivity contribution in [2.75, 3.05) is 39.9 Å². The molecule has 5 nitrogen and oxygen atoms in total. The second-order valence-electron chi connectivity index (χ2n) is 7.08. The highest BCUT2D eigenvalue weighted by molar-refractivity contribution is 5.94. The zero-order valence-electron chi connectivity index (χ0n) is 14.4. The van der Waals surface area contributed by atoms with Crippen molar-refractivity contribution in [3.63, 3.8) is 0 Å². The van der Waals surface area contributed by atoms with Gasteiger partial charge in [0.05, 0.1) is 11.1 Å². The minimum Gasteiger partial charge on any atom is -0.381 e. The van der Waals surface area contributed by atoms with Crippen LogP contribution in [0.3, 0.4) is 0 Å². The van der Waals surface area contributed by atoms with Crippen LogP contribution in [-0.4, -0.2) is 66.1 Å². The highest BCUT2D eigenvalue weighted by Gasteiger charge is 2.50. The SMILES string of the molecule is CCOCC1CCN(C)C2(C1)CN(C(=O)c1cncc(C)c1)C2. The fraction of sp³-hybridized carbons (Fsp3) is 0.667. The third-order valence-corrected chi connectivity index (χ3v) is 5.29. The molecule has 2 aliphatic rings. The first-order valence-electron chi connectivity index (χ1n) is 8.54. The predicted molar refractivity (Wildman–Crippen MR) is 89.5 cm³/mol. The third-order valence-electron chi connectivity index (χ3n) is 5.29. The van der Waals surface area contributed by atoms with Crippen molar-refractivity contribution < 1.29 is 9.53 Å². The Balaban J connectivity index is 1.62. The Hall–Kier alpha value is -1.46. The van der Waals surface area contributed by atoms with E-state index in [2.05, 4.69) is 16.9 Å². The number of likely N-dealkylation sites (tertiary alicyclic amines) is 2. The Labute approximate surface area is 138 Å². The molecule has 1 aromatic rings. The molecule has 3 rings (SSSR count). The van der Waals surface area contributed by atoms with Gasteiger partial charge in [0.15, 0.2) is 0 Å². The first-order chi connectivity index (χ1) is 11.0. The number of pyridine rings is 1. The summed E-state index contributed by atoms with van der Waals surface area (Å²) >= 11 is 0. The lowest BCUT2D eigenvalue weighted by molar-refractivity contribution is -0.0751. The third kappa shape index (κ3) is 3.26. The predicted octanol–water partition coefficient (Wildman–Crippen LogP) is 1.96. The molecule has 1 unspecified atom stereocenters. The van der Waals surface area contributed by atoms with Gasteiger partial charge in [0, 0.05) is 38.7 Å². The number of aromatic nitrogens is 1. The average molecular weight is 317 g/mol. The van der Waals surface area contributed by atoms with Crippen LogP contribution in [0.2, 0.25) is 0 Å². The summed E-state index contributed by atoms with van der Waals surface area (Å²) in [5.41, 5.74) is 1.87. The Morgan fingerprint density at radius 3 is 2.91 bits per heavy atom. The number of hydrogen-bond acceptors (Lipinski definition) is 4. The van der Waals surface area contributed by atoms with Crippen molar-refractivity contribution in [3.05, 3.63) is 29.6 Å². The van der Waals surface area contributed by atoms with Gasteiger partial charge >= 0.3 is 0 Å². The molecule has 1 aromatic heterocycles. The maximum absolute atomic E-state index is 12.6. The molecule has 1 spiro atoms. The number of likely N-dealkylation sites (N-methyl/N-ethyl adjacent to an activating group) is 1. The number of hydrogen-bond donors (Lipinski definition) is 0. The van der Waals surface area contributed by atoms with E-state index in [4.69, 9.17) is 4.74 Å². The van der Waals surface area contributed by atoms with E-state index in [1.165, 1.54) is 6.42 Å². The highest BCUT2D eigenvalue weighted by Crippen LogP contribution is 2.38. The summed E-state index contributed by atoms with van der Waals surface area (Å²) < 4.78 is 5.62. The summed E-state index contributed by atoms with van der Waals surface area (Å²) in [7, 11) is 2.19. The molecule has 23 heavy (non-hydrogen) atoms.